The van der Waals surface area contributed by atoms with Gasteiger partial charge in [-0.1, -0.05) is 128 Å². The van der Waals surface area contributed by atoms with E-state index in [-0.39, 0.29) is 21.7 Å². The number of allylic oxidation sites excluding steroid dienone is 8. The fourth-order valence-corrected chi connectivity index (χ4v) is 3.77. The Hall–Kier alpha value is -0.570. The molecule has 3 aliphatic rings. The van der Waals surface area contributed by atoms with Gasteiger partial charge in [0, 0.05) is 21.7 Å². The van der Waals surface area contributed by atoms with Crippen LogP contribution in [-0.2, 0) is 0 Å². The summed E-state index contributed by atoms with van der Waals surface area (Å²) in [6, 6.07) is 0. The van der Waals surface area contributed by atoms with Crippen LogP contribution in [0.15, 0.2) is 60.8 Å². The molecule has 0 aliphatic heterocycles. The Morgan fingerprint density at radius 2 is 0.885 bits per heavy atom. The highest BCUT2D eigenvalue weighted by Gasteiger charge is 2.61. The molecule has 3 aliphatic carbocycles. The molecule has 0 aromatic carbocycles. The van der Waals surface area contributed by atoms with E-state index in [0.29, 0.717) is 0 Å². The standard InChI is InChI=1S/C18H22.3C2H6.CH3I/c1-7-17(5)13-11-15(3)9-10-16(15,4)12-14(13)18(17,6)8-2;4*1-2/h7-12H,1-2H2,3-6H3;3*1-2H3;1H3. The van der Waals surface area contributed by atoms with Gasteiger partial charge in [-0.05, 0) is 16.1 Å². The average Bonchev–Trinajstić information content (AvgIpc) is 2.73. The molecule has 0 saturated heterocycles. The molecule has 1 fully saturated rings. The zero-order valence-corrected chi connectivity index (χ0v) is 21.4. The van der Waals surface area contributed by atoms with E-state index in [1.807, 2.05) is 46.5 Å². The summed E-state index contributed by atoms with van der Waals surface area (Å²) in [5, 5.41) is 0. The van der Waals surface area contributed by atoms with Crippen molar-refractivity contribution >= 4 is 22.6 Å². The van der Waals surface area contributed by atoms with Crippen LogP contribution in [0.5, 0.6) is 0 Å². The van der Waals surface area contributed by atoms with Gasteiger partial charge in [0.25, 0.3) is 0 Å². The number of halogens is 1. The minimum absolute atomic E-state index is 0.0222. The van der Waals surface area contributed by atoms with Gasteiger partial charge in [-0.2, -0.15) is 0 Å². The number of fused-ring (bicyclic) bond motifs is 2. The van der Waals surface area contributed by atoms with E-state index < -0.39 is 0 Å². The molecule has 26 heavy (non-hydrogen) atoms. The fraction of sp³-hybridized carbons (Fsp3) is 0.600. The predicted octanol–water partition coefficient (Wildman–Crippen LogP) is 8.96. The Bertz CT molecular complexity index is 515. The van der Waals surface area contributed by atoms with Gasteiger partial charge >= 0.3 is 0 Å². The fourth-order valence-electron chi connectivity index (χ4n) is 3.77. The van der Waals surface area contributed by atoms with E-state index in [1.165, 1.54) is 11.1 Å². The number of rotatable bonds is 2. The van der Waals surface area contributed by atoms with Crippen LogP contribution >= 0.6 is 22.6 Å². The molecule has 150 valence electrons. The van der Waals surface area contributed by atoms with Crippen LogP contribution in [0.3, 0.4) is 0 Å². The lowest BCUT2D eigenvalue weighted by molar-refractivity contribution is 0.170. The summed E-state index contributed by atoms with van der Waals surface area (Å²) >= 11 is 2.15. The van der Waals surface area contributed by atoms with Crippen molar-refractivity contribution in [3.8, 4) is 0 Å². The third kappa shape index (κ3) is 3.70. The maximum absolute atomic E-state index is 4.06. The quantitative estimate of drug-likeness (QED) is 0.215. The highest BCUT2D eigenvalue weighted by atomic mass is 127. The first kappa shape index (κ1) is 27.6. The van der Waals surface area contributed by atoms with E-state index >= 15 is 0 Å². The van der Waals surface area contributed by atoms with Gasteiger partial charge in [-0.3, -0.25) is 0 Å². The highest BCUT2D eigenvalue weighted by Crippen LogP contribution is 2.71. The Morgan fingerprint density at radius 1 is 0.654 bits per heavy atom. The maximum Gasteiger partial charge on any atom is 0.0230 e. The van der Waals surface area contributed by atoms with Crippen molar-refractivity contribution < 1.29 is 0 Å². The first-order valence-electron chi connectivity index (χ1n) is 10.1. The second kappa shape index (κ2) is 10.7. The maximum atomic E-state index is 4.06. The molecule has 0 amide bonds. The van der Waals surface area contributed by atoms with Crippen molar-refractivity contribution in [1.29, 1.82) is 0 Å². The molecule has 0 bridgehead atoms. The number of hydrogen-bond donors (Lipinski definition) is 0. The Morgan fingerprint density at radius 3 is 1.04 bits per heavy atom. The normalized spacial score (nSPS) is 36.9. The highest BCUT2D eigenvalue weighted by molar-refractivity contribution is 14.1. The van der Waals surface area contributed by atoms with Crippen molar-refractivity contribution in [3.63, 3.8) is 0 Å². The zero-order chi connectivity index (χ0) is 21.4. The predicted molar refractivity (Wildman–Crippen MR) is 132 cm³/mol. The number of hydrogen-bond acceptors (Lipinski definition) is 0. The molecular weight excluding hydrogens is 427 g/mol. The van der Waals surface area contributed by atoms with Gasteiger partial charge in [0.05, 0.1) is 0 Å². The Balaban J connectivity index is 0. The third-order valence-corrected chi connectivity index (χ3v) is 6.13. The average molecular weight is 471 g/mol. The van der Waals surface area contributed by atoms with Crippen molar-refractivity contribution in [2.45, 2.75) is 69.2 Å². The molecule has 0 nitrogen and oxygen atoms in total. The smallest absolute Gasteiger partial charge is 0.0230 e. The van der Waals surface area contributed by atoms with E-state index in [1.54, 1.807) is 0 Å². The van der Waals surface area contributed by atoms with Crippen LogP contribution in [0, 0.1) is 21.7 Å². The molecule has 0 aromatic rings. The summed E-state index contributed by atoms with van der Waals surface area (Å²) in [4.78, 5) is 1.97. The molecule has 1 heteroatoms. The van der Waals surface area contributed by atoms with E-state index in [0.717, 1.165) is 0 Å². The molecule has 4 atom stereocenters. The topological polar surface area (TPSA) is 0 Å². The summed E-state index contributed by atoms with van der Waals surface area (Å²) in [7, 11) is 0. The van der Waals surface area contributed by atoms with Gasteiger partial charge in [-0.15, -0.1) is 13.2 Å². The molecule has 0 aromatic heterocycles. The third-order valence-electron chi connectivity index (χ3n) is 6.13. The Labute approximate surface area is 178 Å². The van der Waals surface area contributed by atoms with Gasteiger partial charge < -0.3 is 0 Å². The summed E-state index contributed by atoms with van der Waals surface area (Å²) in [6.45, 7) is 29.3. The molecule has 4 unspecified atom stereocenters. The monoisotopic (exact) mass is 470 g/mol. The van der Waals surface area contributed by atoms with Crippen LogP contribution in [0.25, 0.3) is 0 Å². The number of alkyl halides is 1. The van der Waals surface area contributed by atoms with E-state index in [9.17, 15) is 0 Å². The first-order chi connectivity index (χ1) is 12.3. The first-order valence-corrected chi connectivity index (χ1v) is 12.2. The molecule has 0 spiro atoms. The molecule has 3 rings (SSSR count). The largest absolute Gasteiger partial charge is 0.102 e. The van der Waals surface area contributed by atoms with E-state index in [2.05, 4.69) is 99.9 Å². The van der Waals surface area contributed by atoms with Gasteiger partial charge in [0.15, 0.2) is 0 Å². The van der Waals surface area contributed by atoms with Crippen LogP contribution in [-0.4, -0.2) is 4.93 Å². The molecule has 0 heterocycles. The summed E-state index contributed by atoms with van der Waals surface area (Å²) in [5.74, 6) is 0. The van der Waals surface area contributed by atoms with Crippen LogP contribution in [0.2, 0.25) is 0 Å². The van der Waals surface area contributed by atoms with Crippen molar-refractivity contribution in [3.05, 3.63) is 60.8 Å². The summed E-state index contributed by atoms with van der Waals surface area (Å²) < 4.78 is 0. The minimum Gasteiger partial charge on any atom is -0.102 e. The second-order valence-electron chi connectivity index (χ2n) is 6.83. The second-order valence-corrected chi connectivity index (χ2v) is 6.83. The van der Waals surface area contributed by atoms with Crippen LogP contribution < -0.4 is 0 Å². The molecular formula is C25H43I. The lowest BCUT2D eigenvalue weighted by Gasteiger charge is -2.63. The van der Waals surface area contributed by atoms with E-state index in [4.69, 9.17) is 0 Å². The zero-order valence-electron chi connectivity index (χ0n) is 19.3. The minimum atomic E-state index is 0.0222. The van der Waals surface area contributed by atoms with Gasteiger partial charge in [0.2, 0.25) is 0 Å². The lowest BCUT2D eigenvalue weighted by Crippen LogP contribution is -2.54. The van der Waals surface area contributed by atoms with Crippen LogP contribution in [0.1, 0.15) is 69.2 Å². The van der Waals surface area contributed by atoms with Crippen molar-refractivity contribution in [2.75, 3.05) is 4.93 Å². The molecule has 0 N–H and O–H groups in total. The van der Waals surface area contributed by atoms with Crippen molar-refractivity contribution in [1.82, 2.24) is 0 Å². The SMILES string of the molecule is C=CC1(C)C2=CC3(C)C=CC3(C)C=C2C1(C)C=C.CC.CC.CC.CI. The summed E-state index contributed by atoms with van der Waals surface area (Å²) in [6.07, 6.45) is 13.7. The van der Waals surface area contributed by atoms with Gasteiger partial charge in [0.1, 0.15) is 0 Å². The molecule has 0 radical (unpaired) electrons. The van der Waals surface area contributed by atoms with Crippen LogP contribution in [0.4, 0.5) is 0 Å². The van der Waals surface area contributed by atoms with Crippen molar-refractivity contribution in [2.24, 2.45) is 21.7 Å². The molecule has 1 saturated carbocycles. The van der Waals surface area contributed by atoms with Gasteiger partial charge in [-0.25, -0.2) is 0 Å². The summed E-state index contributed by atoms with van der Waals surface area (Å²) in [5.41, 5.74) is 3.30. The lowest BCUT2D eigenvalue weighted by atomic mass is 9.39. The Kier molecular flexibility index (Phi) is 11.4.